The normalized spacial score (nSPS) is 32.7. The maximum absolute atomic E-state index is 12.6. The van der Waals surface area contributed by atoms with Gasteiger partial charge in [0.25, 0.3) is 0 Å². The molecule has 1 amide bonds. The first kappa shape index (κ1) is 20.0. The largest absolute Gasteiger partial charge is 0.480 e. The van der Waals surface area contributed by atoms with Crippen LogP contribution in [0.25, 0.3) is 0 Å². The van der Waals surface area contributed by atoms with Crippen LogP contribution in [0, 0.1) is 17.8 Å². The molecule has 4 saturated carbocycles. The molecule has 0 radical (unpaired) electrons. The van der Waals surface area contributed by atoms with E-state index in [1.54, 1.807) is 20.8 Å². The molecule has 0 aromatic heterocycles. The van der Waals surface area contributed by atoms with Gasteiger partial charge in [0.1, 0.15) is 17.2 Å². The van der Waals surface area contributed by atoms with E-state index in [-0.39, 0.29) is 6.42 Å². The number of carboxylic acid groups (broad SMARTS) is 1. The smallest absolute Gasteiger partial charge is 0.410 e. The van der Waals surface area contributed by atoms with Crippen molar-refractivity contribution in [1.82, 2.24) is 4.90 Å². The fraction of sp³-hybridized carbons (Fsp3) is 0.850. The molecule has 1 N–H and O–H groups in total. The molecule has 27 heavy (non-hydrogen) atoms. The van der Waals surface area contributed by atoms with Crippen LogP contribution in [-0.2, 0) is 19.1 Å². The van der Waals surface area contributed by atoms with Crippen LogP contribution >= 0.6 is 0 Å². The number of esters is 1. The lowest BCUT2D eigenvalue weighted by atomic mass is 9.54. The van der Waals surface area contributed by atoms with Crippen molar-refractivity contribution in [3.63, 3.8) is 0 Å². The zero-order valence-corrected chi connectivity index (χ0v) is 16.7. The second-order valence-electron chi connectivity index (χ2n) is 9.72. The van der Waals surface area contributed by atoms with Gasteiger partial charge >= 0.3 is 18.0 Å². The maximum atomic E-state index is 12.6. The zero-order chi connectivity index (χ0) is 20.0. The Morgan fingerprint density at radius 3 is 1.96 bits per heavy atom. The van der Waals surface area contributed by atoms with Crippen molar-refractivity contribution in [2.24, 2.45) is 17.8 Å². The number of carboxylic acids is 1. The Morgan fingerprint density at radius 1 is 1.07 bits per heavy atom. The predicted molar refractivity (Wildman–Crippen MR) is 97.0 cm³/mol. The molecule has 0 spiro atoms. The molecule has 4 fully saturated rings. The zero-order valence-electron chi connectivity index (χ0n) is 16.7. The fourth-order valence-electron chi connectivity index (χ4n) is 5.45. The molecule has 0 aromatic rings. The lowest BCUT2D eigenvalue weighted by Crippen LogP contribution is -2.53. The molecular formula is C20H31NO6. The van der Waals surface area contributed by atoms with Gasteiger partial charge < -0.3 is 14.6 Å². The highest BCUT2D eigenvalue weighted by Gasteiger charge is 2.53. The lowest BCUT2D eigenvalue weighted by Gasteiger charge is -2.55. The summed E-state index contributed by atoms with van der Waals surface area (Å²) in [5.41, 5.74) is -1.16. The monoisotopic (exact) mass is 381 g/mol. The summed E-state index contributed by atoms with van der Waals surface area (Å²) in [5, 5.41) is 9.51. The minimum Gasteiger partial charge on any atom is -0.480 e. The summed E-state index contributed by atoms with van der Waals surface area (Å²) < 4.78 is 11.1. The molecule has 0 aromatic carbocycles. The SMILES string of the molecule is CN(C(=O)OC(C)(C)C)[C@H](CC(=O)OC12CC3CC(CC(C3)C1)C2)C(=O)O. The van der Waals surface area contributed by atoms with E-state index in [0.29, 0.717) is 17.8 Å². The number of hydrogen-bond donors (Lipinski definition) is 1. The number of aliphatic carboxylic acids is 1. The Morgan fingerprint density at radius 2 is 1.56 bits per heavy atom. The molecule has 152 valence electrons. The number of carbonyl (C=O) groups excluding carboxylic acids is 2. The molecule has 4 aliphatic carbocycles. The number of carbonyl (C=O) groups is 3. The number of ether oxygens (including phenoxy) is 2. The third kappa shape index (κ3) is 4.55. The fourth-order valence-corrected chi connectivity index (χ4v) is 5.45. The summed E-state index contributed by atoms with van der Waals surface area (Å²) >= 11 is 0. The van der Waals surface area contributed by atoms with Crippen LogP contribution in [0.15, 0.2) is 0 Å². The highest BCUT2D eigenvalue weighted by atomic mass is 16.6. The molecule has 0 unspecified atom stereocenters. The number of hydrogen-bond acceptors (Lipinski definition) is 5. The number of nitrogens with zero attached hydrogens (tertiary/aromatic N) is 1. The highest BCUT2D eigenvalue weighted by molar-refractivity contribution is 5.85. The van der Waals surface area contributed by atoms with Gasteiger partial charge in [0.05, 0.1) is 6.42 Å². The van der Waals surface area contributed by atoms with E-state index >= 15 is 0 Å². The Bertz CT molecular complexity index is 587. The van der Waals surface area contributed by atoms with Crippen molar-refractivity contribution < 1.29 is 29.0 Å². The van der Waals surface area contributed by atoms with Crippen LogP contribution in [0.5, 0.6) is 0 Å². The van der Waals surface area contributed by atoms with Crippen LogP contribution < -0.4 is 0 Å². The molecule has 0 saturated heterocycles. The molecule has 1 atom stereocenters. The second-order valence-corrected chi connectivity index (χ2v) is 9.72. The Kier molecular flexibility index (Phi) is 5.16. The Hall–Kier alpha value is -1.79. The molecule has 0 heterocycles. The summed E-state index contributed by atoms with van der Waals surface area (Å²) in [6.45, 7) is 5.11. The predicted octanol–water partition coefficient (Wildman–Crippen LogP) is 3.21. The van der Waals surface area contributed by atoms with E-state index in [1.807, 2.05) is 0 Å². The maximum Gasteiger partial charge on any atom is 0.410 e. The molecule has 4 rings (SSSR count). The van der Waals surface area contributed by atoms with Crippen molar-refractivity contribution in [2.75, 3.05) is 7.05 Å². The first-order valence-electron chi connectivity index (χ1n) is 9.87. The van der Waals surface area contributed by atoms with Crippen molar-refractivity contribution in [1.29, 1.82) is 0 Å². The number of likely N-dealkylation sites (N-methyl/N-ethyl adjacent to an activating group) is 1. The average Bonchev–Trinajstić information content (AvgIpc) is 2.48. The first-order chi connectivity index (χ1) is 12.5. The van der Waals surface area contributed by atoms with Gasteiger partial charge in [-0.05, 0) is 77.0 Å². The van der Waals surface area contributed by atoms with Crippen molar-refractivity contribution in [3.8, 4) is 0 Å². The molecule has 7 nitrogen and oxygen atoms in total. The molecule has 0 aliphatic heterocycles. The van der Waals surface area contributed by atoms with Crippen molar-refractivity contribution in [2.45, 2.75) is 83.0 Å². The third-order valence-electron chi connectivity index (χ3n) is 6.11. The van der Waals surface area contributed by atoms with Crippen LogP contribution in [-0.4, -0.2) is 52.3 Å². The minimum absolute atomic E-state index is 0.368. The van der Waals surface area contributed by atoms with Crippen molar-refractivity contribution in [3.05, 3.63) is 0 Å². The van der Waals surface area contributed by atoms with E-state index < -0.39 is 35.3 Å². The third-order valence-corrected chi connectivity index (χ3v) is 6.11. The van der Waals surface area contributed by atoms with Gasteiger partial charge in [0.15, 0.2) is 0 Å². The van der Waals surface area contributed by atoms with E-state index in [9.17, 15) is 19.5 Å². The van der Waals surface area contributed by atoms with Gasteiger partial charge in [-0.2, -0.15) is 0 Å². The molecular weight excluding hydrogens is 350 g/mol. The summed E-state index contributed by atoms with van der Waals surface area (Å²) in [6.07, 6.45) is 5.24. The van der Waals surface area contributed by atoms with Gasteiger partial charge in [-0.1, -0.05) is 0 Å². The molecule has 7 heteroatoms. The second kappa shape index (κ2) is 6.99. The van der Waals surface area contributed by atoms with Crippen molar-refractivity contribution >= 4 is 18.0 Å². The van der Waals surface area contributed by atoms with Gasteiger partial charge in [-0.3, -0.25) is 9.69 Å². The van der Waals surface area contributed by atoms with E-state index in [4.69, 9.17) is 9.47 Å². The quantitative estimate of drug-likeness (QED) is 0.735. The van der Waals surface area contributed by atoms with Gasteiger partial charge in [-0.15, -0.1) is 0 Å². The summed E-state index contributed by atoms with van der Waals surface area (Å²) in [4.78, 5) is 37.4. The van der Waals surface area contributed by atoms with Crippen LogP contribution in [0.4, 0.5) is 4.79 Å². The molecule has 4 bridgehead atoms. The first-order valence-corrected chi connectivity index (χ1v) is 9.87. The van der Waals surface area contributed by atoms with Crippen LogP contribution in [0.3, 0.4) is 0 Å². The topological polar surface area (TPSA) is 93.1 Å². The van der Waals surface area contributed by atoms with Gasteiger partial charge in [0.2, 0.25) is 0 Å². The lowest BCUT2D eigenvalue weighted by molar-refractivity contribution is -0.188. The summed E-state index contributed by atoms with van der Waals surface area (Å²) in [5.74, 6) is 0.0989. The Labute approximate surface area is 160 Å². The summed E-state index contributed by atoms with van der Waals surface area (Å²) in [6, 6.07) is -1.30. The van der Waals surface area contributed by atoms with Gasteiger partial charge in [-0.25, -0.2) is 9.59 Å². The number of rotatable bonds is 5. The van der Waals surface area contributed by atoms with E-state index in [2.05, 4.69) is 0 Å². The minimum atomic E-state index is -1.30. The average molecular weight is 381 g/mol. The van der Waals surface area contributed by atoms with E-state index in [1.165, 1.54) is 26.3 Å². The molecule has 4 aliphatic rings. The Balaban J connectivity index is 1.62. The van der Waals surface area contributed by atoms with E-state index in [0.717, 1.165) is 24.2 Å². The van der Waals surface area contributed by atoms with Gasteiger partial charge in [0, 0.05) is 7.05 Å². The summed E-state index contributed by atoms with van der Waals surface area (Å²) in [7, 11) is 1.34. The van der Waals surface area contributed by atoms with Crippen LogP contribution in [0.2, 0.25) is 0 Å². The number of amides is 1. The standard InChI is InChI=1S/C20H31NO6/c1-19(2,3)27-18(25)21(4)15(17(23)24)8-16(22)26-20-9-12-5-13(10-20)7-14(6-12)11-20/h12-15H,5-11H2,1-4H3,(H,23,24)/t12?,13?,14?,15-,20?/m1/s1. The highest BCUT2D eigenvalue weighted by Crippen LogP contribution is 2.57. The van der Waals surface area contributed by atoms with Crippen LogP contribution in [0.1, 0.15) is 65.7 Å².